The van der Waals surface area contributed by atoms with Crippen LogP contribution in [0.1, 0.15) is 84.5 Å². The quantitative estimate of drug-likeness (QED) is 0.725. The number of carboxylic acid groups (broad SMARTS) is 1. The highest BCUT2D eigenvalue weighted by molar-refractivity contribution is 5.98. The molecule has 0 saturated heterocycles. The van der Waals surface area contributed by atoms with Crippen molar-refractivity contribution in [3.8, 4) is 0 Å². The first-order valence-electron chi connectivity index (χ1n) is 11.3. The van der Waals surface area contributed by atoms with Gasteiger partial charge in [-0.05, 0) is 105 Å². The first-order chi connectivity index (χ1) is 12.8. The van der Waals surface area contributed by atoms with E-state index in [4.69, 9.17) is 5.11 Å². The topological polar surface area (TPSA) is 54.4 Å². The van der Waals surface area contributed by atoms with Crippen molar-refractivity contribution in [2.75, 3.05) is 0 Å². The molecule has 148 valence electrons. The number of carbonyl (C=O) groups excluding carboxylic acids is 1. The Morgan fingerprint density at radius 2 is 1.89 bits per heavy atom. The molecule has 3 nitrogen and oxygen atoms in total. The summed E-state index contributed by atoms with van der Waals surface area (Å²) >= 11 is 0. The van der Waals surface area contributed by atoms with Crippen molar-refractivity contribution in [2.24, 2.45) is 39.9 Å². The number of carboxylic acids is 1. The second kappa shape index (κ2) is 5.70. The van der Waals surface area contributed by atoms with Crippen molar-refractivity contribution in [1.29, 1.82) is 0 Å². The third-order valence-corrected chi connectivity index (χ3v) is 10.0. The summed E-state index contributed by atoms with van der Waals surface area (Å²) in [5.74, 6) is 2.67. The number of hydrogen-bond donors (Lipinski definition) is 1. The zero-order valence-electron chi connectivity index (χ0n) is 16.9. The van der Waals surface area contributed by atoms with Crippen LogP contribution >= 0.6 is 0 Å². The van der Waals surface area contributed by atoms with Crippen LogP contribution in [0.15, 0.2) is 11.6 Å². The molecule has 0 aliphatic heterocycles. The molecule has 0 unspecified atom stereocenters. The van der Waals surface area contributed by atoms with Crippen molar-refractivity contribution in [1.82, 2.24) is 0 Å². The summed E-state index contributed by atoms with van der Waals surface area (Å²) in [6.07, 6.45) is 14.0. The van der Waals surface area contributed by atoms with E-state index in [-0.39, 0.29) is 10.8 Å². The molecule has 0 bridgehead atoms. The smallest absolute Gasteiger partial charge is 0.303 e. The molecule has 0 radical (unpaired) electrons. The highest BCUT2D eigenvalue weighted by Crippen LogP contribution is 2.70. The van der Waals surface area contributed by atoms with Gasteiger partial charge in [-0.2, -0.15) is 0 Å². The fraction of sp³-hybridized carbons (Fsp3) is 0.833. The maximum Gasteiger partial charge on any atom is 0.303 e. The van der Waals surface area contributed by atoms with Gasteiger partial charge in [0.25, 0.3) is 0 Å². The monoisotopic (exact) mass is 370 g/mol. The van der Waals surface area contributed by atoms with Crippen LogP contribution in [-0.4, -0.2) is 16.9 Å². The van der Waals surface area contributed by atoms with Gasteiger partial charge in [-0.3, -0.25) is 9.59 Å². The summed E-state index contributed by atoms with van der Waals surface area (Å²) < 4.78 is 0. The molecule has 4 saturated carbocycles. The van der Waals surface area contributed by atoms with Crippen LogP contribution in [0, 0.1) is 39.9 Å². The van der Waals surface area contributed by atoms with Crippen molar-refractivity contribution >= 4 is 11.8 Å². The largest absolute Gasteiger partial charge is 0.481 e. The lowest BCUT2D eigenvalue weighted by atomic mass is 9.45. The Morgan fingerprint density at radius 1 is 1.11 bits per heavy atom. The number of aliphatic carboxylic acids is 1. The average molecular weight is 371 g/mol. The molecule has 0 aromatic carbocycles. The fourth-order valence-electron chi connectivity index (χ4n) is 8.36. The minimum absolute atomic E-state index is 0.0145. The van der Waals surface area contributed by atoms with E-state index in [9.17, 15) is 9.59 Å². The molecule has 5 aliphatic rings. The standard InChI is InChI=1S/C24H34O3/c1-22-10-9-19-17(18(22)7-4-15(22)5-8-21(26)27)6-3-16-13-20(25)24(11-12-24)14-23(16,19)2/h13,15,17-19H,3-12,14H2,1-2H3,(H,26,27)/t15-,17-,18-,19-,22+,23-/m0/s1. The first kappa shape index (κ1) is 17.9. The van der Waals surface area contributed by atoms with Gasteiger partial charge in [-0.25, -0.2) is 0 Å². The average Bonchev–Trinajstić information content (AvgIpc) is 3.29. The van der Waals surface area contributed by atoms with Crippen molar-refractivity contribution in [3.05, 3.63) is 11.6 Å². The molecule has 1 spiro atoms. The molecule has 0 amide bonds. The lowest BCUT2D eigenvalue weighted by Crippen LogP contribution is -2.51. The number of allylic oxidation sites excluding steroid dienone is 1. The van der Waals surface area contributed by atoms with Crippen LogP contribution < -0.4 is 0 Å². The Hall–Kier alpha value is -1.12. The van der Waals surface area contributed by atoms with Gasteiger partial charge in [-0.15, -0.1) is 0 Å². The summed E-state index contributed by atoms with van der Waals surface area (Å²) in [6.45, 7) is 4.97. The highest BCUT2D eigenvalue weighted by Gasteiger charge is 2.63. The zero-order chi connectivity index (χ0) is 19.0. The second-order valence-electron chi connectivity index (χ2n) is 11.1. The number of ketones is 1. The Kier molecular flexibility index (Phi) is 3.79. The van der Waals surface area contributed by atoms with Gasteiger partial charge in [0.2, 0.25) is 0 Å². The lowest BCUT2D eigenvalue weighted by molar-refractivity contribution is -0.137. The molecular formula is C24H34O3. The minimum Gasteiger partial charge on any atom is -0.481 e. The number of carbonyl (C=O) groups is 2. The fourth-order valence-corrected chi connectivity index (χ4v) is 8.36. The molecule has 1 N–H and O–H groups in total. The Bertz CT molecular complexity index is 717. The predicted octanol–water partition coefficient (Wildman–Crippen LogP) is 5.39. The SMILES string of the molecule is C[C@]12CC[C@H]3[C@@H](CCC4=CC(=O)C5(CC5)C[C@@]43C)[C@@H]1CC[C@H]2CCC(=O)O. The molecule has 0 aromatic rings. The highest BCUT2D eigenvalue weighted by atomic mass is 16.4. The van der Waals surface area contributed by atoms with Gasteiger partial charge < -0.3 is 5.11 Å². The first-order valence-corrected chi connectivity index (χ1v) is 11.3. The number of fused-ring (bicyclic) bond motifs is 5. The van der Waals surface area contributed by atoms with E-state index in [0.29, 0.717) is 23.5 Å². The molecule has 6 atom stereocenters. The van der Waals surface area contributed by atoms with E-state index in [1.54, 1.807) is 0 Å². The van der Waals surface area contributed by atoms with E-state index >= 15 is 0 Å². The van der Waals surface area contributed by atoms with Crippen molar-refractivity contribution in [2.45, 2.75) is 84.5 Å². The zero-order valence-corrected chi connectivity index (χ0v) is 16.9. The lowest BCUT2D eigenvalue weighted by Gasteiger charge is -2.59. The van der Waals surface area contributed by atoms with Crippen molar-refractivity contribution < 1.29 is 14.7 Å². The van der Waals surface area contributed by atoms with Crippen LogP contribution in [0.25, 0.3) is 0 Å². The van der Waals surface area contributed by atoms with E-state index < -0.39 is 5.97 Å². The van der Waals surface area contributed by atoms with E-state index in [2.05, 4.69) is 19.9 Å². The summed E-state index contributed by atoms with van der Waals surface area (Å²) in [4.78, 5) is 23.7. The molecule has 4 fully saturated rings. The molecule has 3 heteroatoms. The van der Waals surface area contributed by atoms with E-state index in [1.165, 1.54) is 37.7 Å². The second-order valence-corrected chi connectivity index (χ2v) is 11.1. The third kappa shape index (κ3) is 2.45. The maximum absolute atomic E-state index is 12.6. The van der Waals surface area contributed by atoms with Gasteiger partial charge >= 0.3 is 5.97 Å². The third-order valence-electron chi connectivity index (χ3n) is 10.0. The summed E-state index contributed by atoms with van der Waals surface area (Å²) in [5, 5.41) is 9.15. The van der Waals surface area contributed by atoms with Crippen LogP contribution in [0.2, 0.25) is 0 Å². The van der Waals surface area contributed by atoms with Gasteiger partial charge in [-0.1, -0.05) is 19.4 Å². The van der Waals surface area contributed by atoms with Gasteiger partial charge in [0, 0.05) is 11.8 Å². The predicted molar refractivity (Wildman–Crippen MR) is 104 cm³/mol. The summed E-state index contributed by atoms with van der Waals surface area (Å²) in [5.41, 5.74) is 2.07. The van der Waals surface area contributed by atoms with E-state index in [0.717, 1.165) is 49.9 Å². The molecule has 5 rings (SSSR count). The molecule has 27 heavy (non-hydrogen) atoms. The summed E-state index contributed by atoms with van der Waals surface area (Å²) in [6, 6.07) is 0. The summed E-state index contributed by atoms with van der Waals surface area (Å²) in [7, 11) is 0. The van der Waals surface area contributed by atoms with Gasteiger partial charge in [0.15, 0.2) is 5.78 Å². The van der Waals surface area contributed by atoms with Crippen LogP contribution in [0.4, 0.5) is 0 Å². The molecule has 0 aromatic heterocycles. The van der Waals surface area contributed by atoms with Crippen LogP contribution in [0.3, 0.4) is 0 Å². The Balaban J connectivity index is 1.41. The normalized spacial score (nSPS) is 47.0. The molecule has 0 heterocycles. The Labute approximate surface area is 163 Å². The van der Waals surface area contributed by atoms with Gasteiger partial charge in [0.1, 0.15) is 0 Å². The minimum atomic E-state index is -0.641. The van der Waals surface area contributed by atoms with Crippen LogP contribution in [-0.2, 0) is 9.59 Å². The van der Waals surface area contributed by atoms with Gasteiger partial charge in [0.05, 0.1) is 0 Å². The number of hydrogen-bond acceptors (Lipinski definition) is 2. The molecule has 5 aliphatic carbocycles. The molecular weight excluding hydrogens is 336 g/mol. The maximum atomic E-state index is 12.6. The number of rotatable bonds is 3. The van der Waals surface area contributed by atoms with Crippen LogP contribution in [0.5, 0.6) is 0 Å². The Morgan fingerprint density at radius 3 is 2.59 bits per heavy atom. The van der Waals surface area contributed by atoms with E-state index in [1.807, 2.05) is 0 Å². The van der Waals surface area contributed by atoms with Crippen molar-refractivity contribution in [3.63, 3.8) is 0 Å².